The SMILES string of the molecule is CCOC(=O)c1c[nH]c2c([nH]c3cc(Br)ccc32)c1=O. The van der Waals surface area contributed by atoms with Crippen LogP contribution in [-0.2, 0) is 4.74 Å². The lowest BCUT2D eigenvalue weighted by molar-refractivity contribution is 0.0524. The first-order chi connectivity index (χ1) is 9.61. The van der Waals surface area contributed by atoms with E-state index in [9.17, 15) is 9.59 Å². The largest absolute Gasteiger partial charge is 0.462 e. The molecule has 20 heavy (non-hydrogen) atoms. The molecule has 5 nitrogen and oxygen atoms in total. The van der Waals surface area contributed by atoms with Crippen LogP contribution in [0, 0.1) is 0 Å². The first-order valence-corrected chi connectivity index (χ1v) is 6.91. The van der Waals surface area contributed by atoms with Crippen molar-refractivity contribution >= 4 is 43.8 Å². The van der Waals surface area contributed by atoms with E-state index in [0.29, 0.717) is 11.0 Å². The fourth-order valence-corrected chi connectivity index (χ4v) is 2.56. The number of benzene rings is 1. The Morgan fingerprint density at radius 2 is 2.15 bits per heavy atom. The number of H-pyrrole nitrogens is 2. The van der Waals surface area contributed by atoms with Gasteiger partial charge in [0.25, 0.3) is 0 Å². The number of nitrogens with one attached hydrogen (secondary N) is 2. The van der Waals surface area contributed by atoms with Crippen LogP contribution in [0.4, 0.5) is 0 Å². The second-order valence-electron chi connectivity index (χ2n) is 4.32. The number of carbonyl (C=O) groups excluding carboxylic acids is 1. The maximum absolute atomic E-state index is 12.3. The van der Waals surface area contributed by atoms with Gasteiger partial charge in [-0.1, -0.05) is 15.9 Å². The predicted molar refractivity (Wildman–Crippen MR) is 80.1 cm³/mol. The molecule has 3 aromatic rings. The summed E-state index contributed by atoms with van der Waals surface area (Å²) in [4.78, 5) is 30.1. The number of pyridine rings is 1. The molecule has 0 aliphatic carbocycles. The summed E-state index contributed by atoms with van der Waals surface area (Å²) in [7, 11) is 0. The normalized spacial score (nSPS) is 11.1. The first-order valence-electron chi connectivity index (χ1n) is 6.11. The van der Waals surface area contributed by atoms with E-state index in [0.717, 1.165) is 15.4 Å². The van der Waals surface area contributed by atoms with Gasteiger partial charge in [0.2, 0.25) is 5.43 Å². The van der Waals surface area contributed by atoms with Crippen molar-refractivity contribution in [3.8, 4) is 0 Å². The van der Waals surface area contributed by atoms with Gasteiger partial charge in [-0.05, 0) is 25.1 Å². The summed E-state index contributed by atoms with van der Waals surface area (Å²) in [5, 5.41) is 0.899. The monoisotopic (exact) mass is 334 g/mol. The molecule has 0 fully saturated rings. The third kappa shape index (κ3) is 1.92. The van der Waals surface area contributed by atoms with Crippen molar-refractivity contribution in [1.29, 1.82) is 0 Å². The van der Waals surface area contributed by atoms with Crippen LogP contribution in [0.1, 0.15) is 17.3 Å². The molecule has 102 valence electrons. The Kier molecular flexibility index (Phi) is 3.10. The summed E-state index contributed by atoms with van der Waals surface area (Å²) in [6, 6.07) is 5.68. The topological polar surface area (TPSA) is 75.0 Å². The summed E-state index contributed by atoms with van der Waals surface area (Å²) in [5.74, 6) is -0.615. The van der Waals surface area contributed by atoms with Crippen LogP contribution in [0.2, 0.25) is 0 Å². The third-order valence-corrected chi connectivity index (χ3v) is 3.58. The summed E-state index contributed by atoms with van der Waals surface area (Å²) in [6.07, 6.45) is 1.40. The predicted octanol–water partition coefficient (Wildman–Crippen LogP) is 2.95. The van der Waals surface area contributed by atoms with Crippen molar-refractivity contribution in [3.63, 3.8) is 0 Å². The van der Waals surface area contributed by atoms with Gasteiger partial charge in [0.05, 0.1) is 12.1 Å². The molecule has 0 spiro atoms. The minimum absolute atomic E-state index is 0.00460. The summed E-state index contributed by atoms with van der Waals surface area (Å²) >= 11 is 3.38. The minimum atomic E-state index is -0.615. The number of hydrogen-bond acceptors (Lipinski definition) is 3. The number of ether oxygens (including phenoxy) is 1. The number of hydrogen-bond donors (Lipinski definition) is 2. The summed E-state index contributed by atoms with van der Waals surface area (Å²) in [5.41, 5.74) is 1.53. The highest BCUT2D eigenvalue weighted by Crippen LogP contribution is 2.24. The average Bonchev–Trinajstić information content (AvgIpc) is 2.78. The number of halogens is 1. The standard InChI is InChI=1S/C14H11BrN2O3/c1-2-20-14(19)9-6-16-11-8-4-3-7(15)5-10(8)17-12(11)13(9)18/h3-6,17H,2H2,1H3,(H,16,18). The Balaban J connectivity index is 2.30. The molecule has 2 heterocycles. The lowest BCUT2D eigenvalue weighted by Crippen LogP contribution is -2.18. The van der Waals surface area contributed by atoms with Crippen molar-refractivity contribution in [1.82, 2.24) is 9.97 Å². The molecular weight excluding hydrogens is 324 g/mol. The second kappa shape index (κ2) is 4.79. The Labute approximate surface area is 122 Å². The minimum Gasteiger partial charge on any atom is -0.462 e. The summed E-state index contributed by atoms with van der Waals surface area (Å²) < 4.78 is 5.78. The number of carbonyl (C=O) groups is 1. The molecule has 1 aromatic carbocycles. The molecule has 6 heteroatoms. The molecule has 2 aromatic heterocycles. The van der Waals surface area contributed by atoms with Gasteiger partial charge in [-0.2, -0.15) is 0 Å². The van der Waals surface area contributed by atoms with Gasteiger partial charge in [-0.3, -0.25) is 4.79 Å². The van der Waals surface area contributed by atoms with Crippen LogP contribution in [0.15, 0.2) is 33.7 Å². The molecule has 0 amide bonds. The summed E-state index contributed by atoms with van der Waals surface area (Å²) in [6.45, 7) is 1.93. The Bertz CT molecular complexity index is 879. The number of esters is 1. The quantitative estimate of drug-likeness (QED) is 0.707. The molecule has 0 saturated carbocycles. The lowest BCUT2D eigenvalue weighted by atomic mass is 10.2. The van der Waals surface area contributed by atoms with E-state index < -0.39 is 5.97 Å². The van der Waals surface area contributed by atoms with Crippen LogP contribution >= 0.6 is 15.9 Å². The van der Waals surface area contributed by atoms with Crippen molar-refractivity contribution in [2.24, 2.45) is 0 Å². The molecule has 0 aliphatic rings. The van der Waals surface area contributed by atoms with Crippen LogP contribution in [0.25, 0.3) is 21.9 Å². The zero-order chi connectivity index (χ0) is 14.3. The van der Waals surface area contributed by atoms with E-state index in [4.69, 9.17) is 4.74 Å². The number of aromatic amines is 2. The molecule has 2 N–H and O–H groups in total. The molecule has 0 saturated heterocycles. The van der Waals surface area contributed by atoms with Gasteiger partial charge in [0, 0.05) is 21.6 Å². The average molecular weight is 335 g/mol. The highest BCUT2D eigenvalue weighted by atomic mass is 79.9. The zero-order valence-electron chi connectivity index (χ0n) is 10.6. The molecule has 0 unspecified atom stereocenters. The van der Waals surface area contributed by atoms with Crippen LogP contribution in [0.3, 0.4) is 0 Å². The van der Waals surface area contributed by atoms with Crippen LogP contribution in [-0.4, -0.2) is 22.5 Å². The molecule has 0 bridgehead atoms. The zero-order valence-corrected chi connectivity index (χ0v) is 12.2. The third-order valence-electron chi connectivity index (χ3n) is 3.09. The van der Waals surface area contributed by atoms with Crippen LogP contribution < -0.4 is 5.43 Å². The fraction of sp³-hybridized carbons (Fsp3) is 0.143. The first kappa shape index (κ1) is 12.9. The van der Waals surface area contributed by atoms with E-state index in [2.05, 4.69) is 25.9 Å². The van der Waals surface area contributed by atoms with Gasteiger partial charge in [0.1, 0.15) is 11.1 Å². The van der Waals surface area contributed by atoms with Crippen molar-refractivity contribution in [2.75, 3.05) is 6.61 Å². The van der Waals surface area contributed by atoms with Crippen LogP contribution in [0.5, 0.6) is 0 Å². The number of rotatable bonds is 2. The highest BCUT2D eigenvalue weighted by Gasteiger charge is 2.16. The van der Waals surface area contributed by atoms with Crippen molar-refractivity contribution in [3.05, 3.63) is 44.7 Å². The van der Waals surface area contributed by atoms with E-state index in [-0.39, 0.29) is 17.6 Å². The number of fused-ring (bicyclic) bond motifs is 3. The fourth-order valence-electron chi connectivity index (χ4n) is 2.19. The maximum Gasteiger partial charge on any atom is 0.343 e. The van der Waals surface area contributed by atoms with Crippen molar-refractivity contribution < 1.29 is 9.53 Å². The van der Waals surface area contributed by atoms with Gasteiger partial charge in [-0.15, -0.1) is 0 Å². The van der Waals surface area contributed by atoms with E-state index in [1.54, 1.807) is 6.92 Å². The van der Waals surface area contributed by atoms with Gasteiger partial charge in [-0.25, -0.2) is 4.79 Å². The Hall–Kier alpha value is -2.08. The maximum atomic E-state index is 12.3. The number of aromatic nitrogens is 2. The van der Waals surface area contributed by atoms with Gasteiger partial charge < -0.3 is 14.7 Å². The van der Waals surface area contributed by atoms with Crippen molar-refractivity contribution in [2.45, 2.75) is 6.92 Å². The molecular formula is C14H11BrN2O3. The molecule has 0 atom stereocenters. The molecule has 3 rings (SSSR count). The Morgan fingerprint density at radius 3 is 2.90 bits per heavy atom. The van der Waals surface area contributed by atoms with E-state index in [1.165, 1.54) is 6.20 Å². The highest BCUT2D eigenvalue weighted by molar-refractivity contribution is 9.10. The lowest BCUT2D eigenvalue weighted by Gasteiger charge is -2.00. The van der Waals surface area contributed by atoms with E-state index >= 15 is 0 Å². The second-order valence-corrected chi connectivity index (χ2v) is 5.23. The molecule has 0 radical (unpaired) electrons. The van der Waals surface area contributed by atoms with Gasteiger partial charge in [0.15, 0.2) is 0 Å². The smallest absolute Gasteiger partial charge is 0.343 e. The molecule has 0 aliphatic heterocycles. The van der Waals surface area contributed by atoms with Gasteiger partial charge >= 0.3 is 5.97 Å². The Morgan fingerprint density at radius 1 is 1.35 bits per heavy atom. The van der Waals surface area contributed by atoms with E-state index in [1.807, 2.05) is 18.2 Å².